The van der Waals surface area contributed by atoms with Gasteiger partial charge in [-0.2, -0.15) is 4.98 Å². The minimum atomic E-state index is 0.324. The van der Waals surface area contributed by atoms with Gasteiger partial charge in [-0.1, -0.05) is 0 Å². The maximum atomic E-state index is 5.42. The fraction of sp³-hybridized carbons (Fsp3) is 0.455. The van der Waals surface area contributed by atoms with E-state index in [0.717, 1.165) is 36.2 Å². The number of hydrogen-bond acceptors (Lipinski definition) is 4. The molecule has 3 rings (SSSR count). The molecule has 1 unspecified atom stereocenters. The Labute approximate surface area is 107 Å². The number of aromatic nitrogens is 3. The molecule has 0 aliphatic carbocycles. The molecular formula is C11H13BrN4O. The van der Waals surface area contributed by atoms with Gasteiger partial charge in [0, 0.05) is 17.3 Å². The van der Waals surface area contributed by atoms with Gasteiger partial charge in [0.05, 0.1) is 12.6 Å². The molecule has 1 atom stereocenters. The minimum absolute atomic E-state index is 0.324. The molecule has 90 valence electrons. The largest absolute Gasteiger partial charge is 0.379 e. The summed E-state index contributed by atoms with van der Waals surface area (Å²) >= 11 is 3.41. The van der Waals surface area contributed by atoms with Gasteiger partial charge >= 0.3 is 0 Å². The molecular weight excluding hydrogens is 284 g/mol. The van der Waals surface area contributed by atoms with Crippen molar-refractivity contribution in [1.29, 1.82) is 0 Å². The summed E-state index contributed by atoms with van der Waals surface area (Å²) in [7, 11) is 0. The van der Waals surface area contributed by atoms with E-state index in [-0.39, 0.29) is 0 Å². The number of nitrogens with zero attached hydrogens (tertiary/aromatic N) is 3. The molecule has 1 aliphatic heterocycles. The highest BCUT2D eigenvalue weighted by Crippen LogP contribution is 2.14. The van der Waals surface area contributed by atoms with Crippen LogP contribution in [0.3, 0.4) is 0 Å². The molecule has 1 fully saturated rings. The average molecular weight is 297 g/mol. The van der Waals surface area contributed by atoms with Crippen LogP contribution in [0.15, 0.2) is 22.8 Å². The molecule has 5 nitrogen and oxygen atoms in total. The number of anilines is 1. The first-order valence-corrected chi connectivity index (χ1v) is 6.47. The Morgan fingerprint density at radius 1 is 1.47 bits per heavy atom. The highest BCUT2D eigenvalue weighted by Gasteiger charge is 2.15. The minimum Gasteiger partial charge on any atom is -0.379 e. The zero-order valence-corrected chi connectivity index (χ0v) is 10.9. The predicted molar refractivity (Wildman–Crippen MR) is 68.2 cm³/mol. The second-order valence-corrected chi connectivity index (χ2v) is 5.06. The molecule has 2 aromatic rings. The SMILES string of the molecule is Brc1ccc2nc(NC3CCCOC3)nn2c1. The Balaban J connectivity index is 1.80. The van der Waals surface area contributed by atoms with Crippen molar-refractivity contribution < 1.29 is 4.74 Å². The van der Waals surface area contributed by atoms with Crippen molar-refractivity contribution >= 4 is 27.5 Å². The van der Waals surface area contributed by atoms with Gasteiger partial charge in [0.25, 0.3) is 0 Å². The third-order valence-electron chi connectivity index (χ3n) is 2.79. The highest BCUT2D eigenvalue weighted by atomic mass is 79.9. The fourth-order valence-corrected chi connectivity index (χ4v) is 2.28. The van der Waals surface area contributed by atoms with Crippen LogP contribution in [-0.4, -0.2) is 33.9 Å². The molecule has 17 heavy (non-hydrogen) atoms. The molecule has 3 heterocycles. The lowest BCUT2D eigenvalue weighted by molar-refractivity contribution is 0.0874. The molecule has 1 saturated heterocycles. The van der Waals surface area contributed by atoms with Gasteiger partial charge in [0.1, 0.15) is 0 Å². The van der Waals surface area contributed by atoms with Gasteiger partial charge in [-0.15, -0.1) is 5.10 Å². The first-order chi connectivity index (χ1) is 8.31. The Hall–Kier alpha value is -1.14. The van der Waals surface area contributed by atoms with E-state index < -0.39 is 0 Å². The van der Waals surface area contributed by atoms with Crippen LogP contribution in [0.4, 0.5) is 5.95 Å². The van der Waals surface area contributed by atoms with E-state index in [0.29, 0.717) is 12.0 Å². The summed E-state index contributed by atoms with van der Waals surface area (Å²) in [5, 5.41) is 7.68. The van der Waals surface area contributed by atoms with Crippen LogP contribution >= 0.6 is 15.9 Å². The topological polar surface area (TPSA) is 51.5 Å². The summed E-state index contributed by atoms with van der Waals surface area (Å²) in [5.74, 6) is 0.665. The van der Waals surface area contributed by atoms with Gasteiger partial charge in [0.15, 0.2) is 5.65 Å². The maximum absolute atomic E-state index is 5.42. The summed E-state index contributed by atoms with van der Waals surface area (Å²) in [5.41, 5.74) is 0.840. The van der Waals surface area contributed by atoms with E-state index >= 15 is 0 Å². The first kappa shape index (κ1) is 11.0. The maximum Gasteiger partial charge on any atom is 0.243 e. The van der Waals surface area contributed by atoms with Crippen LogP contribution in [0, 0.1) is 0 Å². The zero-order valence-electron chi connectivity index (χ0n) is 9.27. The van der Waals surface area contributed by atoms with Crippen molar-refractivity contribution in [3.8, 4) is 0 Å². The zero-order chi connectivity index (χ0) is 11.7. The quantitative estimate of drug-likeness (QED) is 0.922. The average Bonchev–Trinajstić information content (AvgIpc) is 2.71. The fourth-order valence-electron chi connectivity index (χ4n) is 1.96. The summed E-state index contributed by atoms with van der Waals surface area (Å²) in [6.45, 7) is 1.60. The predicted octanol–water partition coefficient (Wildman–Crippen LogP) is 2.08. The van der Waals surface area contributed by atoms with Crippen molar-refractivity contribution in [3.05, 3.63) is 22.8 Å². The molecule has 0 saturated carbocycles. The van der Waals surface area contributed by atoms with Crippen LogP contribution in [0.1, 0.15) is 12.8 Å². The number of pyridine rings is 1. The van der Waals surface area contributed by atoms with E-state index in [2.05, 4.69) is 31.3 Å². The van der Waals surface area contributed by atoms with E-state index in [1.165, 1.54) is 0 Å². The summed E-state index contributed by atoms with van der Waals surface area (Å²) in [6.07, 6.45) is 4.10. The molecule has 2 aromatic heterocycles. The lowest BCUT2D eigenvalue weighted by atomic mass is 10.1. The van der Waals surface area contributed by atoms with Crippen LogP contribution in [0.5, 0.6) is 0 Å². The number of hydrogen-bond donors (Lipinski definition) is 1. The Bertz CT molecular complexity index is 521. The second-order valence-electron chi connectivity index (χ2n) is 4.14. The third kappa shape index (κ3) is 2.42. The van der Waals surface area contributed by atoms with Crippen LogP contribution in [-0.2, 0) is 4.74 Å². The van der Waals surface area contributed by atoms with Gasteiger partial charge in [-0.05, 0) is 40.9 Å². The van der Waals surface area contributed by atoms with Gasteiger partial charge in [-0.25, -0.2) is 4.52 Å². The van der Waals surface area contributed by atoms with E-state index in [4.69, 9.17) is 4.74 Å². The molecule has 1 aliphatic rings. The molecule has 0 radical (unpaired) electrons. The summed E-state index contributed by atoms with van der Waals surface area (Å²) in [4.78, 5) is 4.41. The number of halogens is 1. The number of nitrogens with one attached hydrogen (secondary N) is 1. The molecule has 0 aromatic carbocycles. The van der Waals surface area contributed by atoms with Crippen molar-refractivity contribution in [2.45, 2.75) is 18.9 Å². The van der Waals surface area contributed by atoms with E-state index in [1.54, 1.807) is 4.52 Å². The van der Waals surface area contributed by atoms with Crippen LogP contribution in [0.2, 0.25) is 0 Å². The number of fused-ring (bicyclic) bond motifs is 1. The standard InChI is InChI=1S/C11H13BrN4O/c12-8-3-4-10-14-11(15-16(10)6-8)13-9-2-1-5-17-7-9/h3-4,6,9H,1-2,5,7H2,(H,13,15). The third-order valence-corrected chi connectivity index (χ3v) is 3.26. The normalized spacial score (nSPS) is 20.6. The monoisotopic (exact) mass is 296 g/mol. The number of ether oxygens (including phenoxy) is 1. The van der Waals surface area contributed by atoms with Crippen LogP contribution in [0.25, 0.3) is 5.65 Å². The lowest BCUT2D eigenvalue weighted by Gasteiger charge is -2.22. The van der Waals surface area contributed by atoms with Crippen molar-refractivity contribution in [2.75, 3.05) is 18.5 Å². The number of rotatable bonds is 2. The summed E-state index contributed by atoms with van der Waals surface area (Å²) < 4.78 is 8.16. The molecule has 6 heteroatoms. The lowest BCUT2D eigenvalue weighted by Crippen LogP contribution is -2.30. The second kappa shape index (κ2) is 4.62. The molecule has 0 amide bonds. The van der Waals surface area contributed by atoms with Crippen molar-refractivity contribution in [1.82, 2.24) is 14.6 Å². The molecule has 0 bridgehead atoms. The van der Waals surface area contributed by atoms with Gasteiger partial charge in [0.2, 0.25) is 5.95 Å². The van der Waals surface area contributed by atoms with Crippen molar-refractivity contribution in [2.24, 2.45) is 0 Å². The molecule has 0 spiro atoms. The van der Waals surface area contributed by atoms with E-state index in [9.17, 15) is 0 Å². The van der Waals surface area contributed by atoms with Gasteiger partial charge in [-0.3, -0.25) is 0 Å². The Morgan fingerprint density at radius 2 is 2.41 bits per heavy atom. The molecule has 1 N–H and O–H groups in total. The summed E-state index contributed by atoms with van der Waals surface area (Å²) in [6, 6.07) is 4.21. The van der Waals surface area contributed by atoms with Gasteiger partial charge < -0.3 is 10.1 Å². The van der Waals surface area contributed by atoms with E-state index in [1.807, 2.05) is 18.3 Å². The Morgan fingerprint density at radius 3 is 3.24 bits per heavy atom. The first-order valence-electron chi connectivity index (χ1n) is 5.67. The highest BCUT2D eigenvalue weighted by molar-refractivity contribution is 9.10. The van der Waals surface area contributed by atoms with Crippen LogP contribution < -0.4 is 5.32 Å². The smallest absolute Gasteiger partial charge is 0.243 e. The Kier molecular flexibility index (Phi) is 2.98. The van der Waals surface area contributed by atoms with Crippen molar-refractivity contribution in [3.63, 3.8) is 0 Å².